The number of phosphoric ester groups is 2. The van der Waals surface area contributed by atoms with E-state index in [9.17, 15) is 43.2 Å². The van der Waals surface area contributed by atoms with Gasteiger partial charge in [-0.3, -0.25) is 37.3 Å². The molecule has 0 aliphatic rings. The Morgan fingerprint density at radius 1 is 0.274 bits per heavy atom. The fourth-order valence-electron chi connectivity index (χ4n) is 10.1. The van der Waals surface area contributed by atoms with Crippen LogP contribution in [-0.2, 0) is 65.4 Å². The molecule has 5 atom stereocenters. The van der Waals surface area contributed by atoms with Gasteiger partial charge in [0.25, 0.3) is 0 Å². The average molecular weight is 1520 g/mol. The Morgan fingerprint density at radius 2 is 0.509 bits per heavy atom. The van der Waals surface area contributed by atoms with Gasteiger partial charge in [0.1, 0.15) is 19.3 Å². The van der Waals surface area contributed by atoms with Crippen LogP contribution in [0.15, 0.2) is 170 Å². The minimum atomic E-state index is -5.01. The number of aliphatic hydroxyl groups is 1. The lowest BCUT2D eigenvalue weighted by Crippen LogP contribution is -2.30. The van der Waals surface area contributed by atoms with Crippen LogP contribution in [0.2, 0.25) is 0 Å². The molecule has 0 fully saturated rings. The first-order chi connectivity index (χ1) is 51.7. The number of hydrogen-bond donors (Lipinski definition) is 3. The van der Waals surface area contributed by atoms with Gasteiger partial charge in [-0.15, -0.1) is 0 Å². The van der Waals surface area contributed by atoms with Crippen molar-refractivity contribution in [3.8, 4) is 0 Å². The van der Waals surface area contributed by atoms with Crippen LogP contribution in [0, 0.1) is 0 Å². The van der Waals surface area contributed by atoms with E-state index in [1.54, 1.807) is 0 Å². The topological polar surface area (TPSA) is 237 Å². The Hall–Kier alpha value is -5.58. The van der Waals surface area contributed by atoms with E-state index >= 15 is 0 Å². The first-order valence-corrected chi connectivity index (χ1v) is 43.4. The maximum atomic E-state index is 13.1. The van der Waals surface area contributed by atoms with E-state index in [4.69, 9.17) is 37.0 Å². The van der Waals surface area contributed by atoms with Crippen molar-refractivity contribution in [2.45, 2.75) is 316 Å². The van der Waals surface area contributed by atoms with Crippen LogP contribution in [0.4, 0.5) is 0 Å². The summed E-state index contributed by atoms with van der Waals surface area (Å²) in [6.45, 7) is 4.37. The number of carbonyl (C=O) groups is 4. The smallest absolute Gasteiger partial charge is 0.462 e. The molecule has 3 N–H and O–H groups in total. The average Bonchev–Trinajstić information content (AvgIpc) is 0.902. The van der Waals surface area contributed by atoms with E-state index in [2.05, 4.69) is 180 Å². The van der Waals surface area contributed by atoms with E-state index < -0.39 is 97.5 Å². The van der Waals surface area contributed by atoms with Gasteiger partial charge in [-0.25, -0.2) is 9.13 Å². The summed E-state index contributed by atoms with van der Waals surface area (Å²) in [6.07, 6.45) is 92.0. The Kier molecular flexibility index (Phi) is 73.5. The predicted molar refractivity (Wildman–Crippen MR) is 436 cm³/mol. The lowest BCUT2D eigenvalue weighted by Gasteiger charge is -2.21. The van der Waals surface area contributed by atoms with Gasteiger partial charge in [-0.2, -0.15) is 0 Å². The molecular formula is C87H142O17P2. The SMILES string of the molecule is CC/C=C\C/C=C\C/C=C\C/C=C\C/C=C\C/C=C\CCC(=O)OCC(COP(=O)(O)OCC(O)COP(=O)(O)OCC(COC(=O)CCCC/C=C\C/C=C\C/C=C\C/C=C\CC)OC(=O)CCCCCCC/C=C\CCCCCCCC)OC(=O)CCCCCCCCC/C=C\C/C=C\C/C=C\CC. The molecule has 602 valence electrons. The van der Waals surface area contributed by atoms with Crippen molar-refractivity contribution in [2.75, 3.05) is 39.6 Å². The van der Waals surface area contributed by atoms with Crippen LogP contribution in [0.3, 0.4) is 0 Å². The first kappa shape index (κ1) is 100. The summed E-state index contributed by atoms with van der Waals surface area (Å²) in [4.78, 5) is 73.0. The number of esters is 4. The number of unbranched alkanes of at least 4 members (excludes halogenated alkanes) is 20. The molecule has 0 spiro atoms. The third-order valence-electron chi connectivity index (χ3n) is 16.2. The standard InChI is InChI=1S/C87H142O17P2/c1-5-9-13-17-21-25-29-33-37-39-40-42-45-48-52-56-60-64-68-72-85(90)98-78-83(104-87(92)74-70-66-62-58-54-50-46-41-38-34-30-26-22-18-14-10-6-2)80-102-106(95,96)100-76-81(88)75-99-105(93,94)101-79-82(103-86(91)73-69-65-61-57-53-49-44-36-32-28-24-20-16-12-8-4)77-97-84(89)71-67-63-59-55-51-47-43-35-31-27-23-19-15-11-7-3/h9-11,13-15,21-23,25-27,33-38,40,42-44,48,51-52,55,60,64,81-83,88H,5-8,12,16-20,24,28-32,39,41,45-47,49-50,53-54,56-59,61-63,65-80H2,1-4H3,(H,93,94)(H,95,96)/b13-9-,14-10-,15-11-,25-21-,26-22-,27-23-,37-33-,38-34-,42-40-,43-35-,44-36-,52-48-,55-51-,64-60-. The van der Waals surface area contributed by atoms with Crippen molar-refractivity contribution >= 4 is 39.5 Å². The number of carbonyl (C=O) groups excluding carboxylic acids is 4. The van der Waals surface area contributed by atoms with Crippen molar-refractivity contribution in [3.63, 3.8) is 0 Å². The van der Waals surface area contributed by atoms with Crippen LogP contribution in [-0.4, -0.2) is 96.7 Å². The van der Waals surface area contributed by atoms with Crippen molar-refractivity contribution in [1.82, 2.24) is 0 Å². The summed E-state index contributed by atoms with van der Waals surface area (Å²) in [5, 5.41) is 10.6. The summed E-state index contributed by atoms with van der Waals surface area (Å²) < 4.78 is 68.5. The normalized spacial score (nSPS) is 14.7. The largest absolute Gasteiger partial charge is 0.472 e. The summed E-state index contributed by atoms with van der Waals surface area (Å²) in [5.74, 6) is -2.35. The Balaban J connectivity index is 5.49. The van der Waals surface area contributed by atoms with Crippen LogP contribution < -0.4 is 0 Å². The highest BCUT2D eigenvalue weighted by atomic mass is 31.2. The van der Waals surface area contributed by atoms with Crippen molar-refractivity contribution in [3.05, 3.63) is 170 Å². The highest BCUT2D eigenvalue weighted by Gasteiger charge is 2.30. The van der Waals surface area contributed by atoms with Gasteiger partial charge >= 0.3 is 39.5 Å². The number of hydrogen-bond acceptors (Lipinski definition) is 15. The second-order valence-corrected chi connectivity index (χ2v) is 29.1. The lowest BCUT2D eigenvalue weighted by atomic mass is 10.1. The lowest BCUT2D eigenvalue weighted by molar-refractivity contribution is -0.161. The highest BCUT2D eigenvalue weighted by Crippen LogP contribution is 2.45. The highest BCUT2D eigenvalue weighted by molar-refractivity contribution is 7.47. The van der Waals surface area contributed by atoms with E-state index in [1.165, 1.54) is 38.5 Å². The zero-order valence-corrected chi connectivity index (χ0v) is 67.6. The molecule has 0 amide bonds. The van der Waals surface area contributed by atoms with Gasteiger partial charge < -0.3 is 33.8 Å². The molecule has 0 radical (unpaired) electrons. The zero-order valence-electron chi connectivity index (χ0n) is 65.8. The van der Waals surface area contributed by atoms with Gasteiger partial charge in [-0.1, -0.05) is 281 Å². The molecule has 0 heterocycles. The maximum Gasteiger partial charge on any atom is 0.472 e. The molecule has 19 heteroatoms. The minimum absolute atomic E-state index is 0.0273. The zero-order chi connectivity index (χ0) is 77.4. The molecule has 0 aromatic rings. The second kappa shape index (κ2) is 77.6. The molecule has 0 rings (SSSR count). The monoisotopic (exact) mass is 1520 g/mol. The number of allylic oxidation sites excluding steroid dienone is 28. The molecule has 0 saturated heterocycles. The third-order valence-corrected chi connectivity index (χ3v) is 18.1. The molecule has 0 aliphatic heterocycles. The second-order valence-electron chi connectivity index (χ2n) is 26.2. The number of ether oxygens (including phenoxy) is 4. The van der Waals surface area contributed by atoms with Crippen LogP contribution in [0.25, 0.3) is 0 Å². The summed E-state index contributed by atoms with van der Waals surface area (Å²) in [6, 6.07) is 0. The number of aliphatic hydroxyl groups excluding tert-OH is 1. The molecule has 0 aromatic carbocycles. The van der Waals surface area contributed by atoms with E-state index in [-0.39, 0.29) is 25.7 Å². The van der Waals surface area contributed by atoms with E-state index in [1.807, 2.05) is 18.2 Å². The molecule has 5 unspecified atom stereocenters. The summed E-state index contributed by atoms with van der Waals surface area (Å²) in [7, 11) is -10.0. The summed E-state index contributed by atoms with van der Waals surface area (Å²) >= 11 is 0. The predicted octanol–water partition coefficient (Wildman–Crippen LogP) is 23.8. The Labute approximate surface area is 642 Å². The van der Waals surface area contributed by atoms with Gasteiger partial charge in [0.05, 0.1) is 26.4 Å². The molecule has 17 nitrogen and oxygen atoms in total. The minimum Gasteiger partial charge on any atom is -0.462 e. The van der Waals surface area contributed by atoms with Gasteiger partial charge in [-0.05, 0) is 161 Å². The van der Waals surface area contributed by atoms with Crippen LogP contribution in [0.1, 0.15) is 297 Å². The molecule has 0 aliphatic carbocycles. The van der Waals surface area contributed by atoms with Gasteiger partial charge in [0.2, 0.25) is 0 Å². The van der Waals surface area contributed by atoms with Gasteiger partial charge in [0, 0.05) is 25.7 Å². The Bertz CT molecular complexity index is 2680. The number of phosphoric acid groups is 2. The van der Waals surface area contributed by atoms with E-state index in [0.29, 0.717) is 32.1 Å². The molecular weight excluding hydrogens is 1380 g/mol. The van der Waals surface area contributed by atoms with Crippen molar-refractivity contribution in [1.29, 1.82) is 0 Å². The van der Waals surface area contributed by atoms with Gasteiger partial charge in [0.15, 0.2) is 12.2 Å². The quantitative estimate of drug-likeness (QED) is 0.0169. The molecule has 0 aromatic heterocycles. The number of rotatable bonds is 74. The van der Waals surface area contributed by atoms with Crippen LogP contribution in [0.5, 0.6) is 0 Å². The molecule has 0 saturated carbocycles. The van der Waals surface area contributed by atoms with Crippen molar-refractivity contribution < 1.29 is 80.2 Å². The fourth-order valence-corrected chi connectivity index (χ4v) is 11.7. The third kappa shape index (κ3) is 76.6. The maximum absolute atomic E-state index is 13.1. The van der Waals surface area contributed by atoms with Crippen LogP contribution >= 0.6 is 15.6 Å². The van der Waals surface area contributed by atoms with E-state index in [0.717, 1.165) is 173 Å². The fraction of sp³-hybridized carbons (Fsp3) is 0.632. The summed E-state index contributed by atoms with van der Waals surface area (Å²) in [5.41, 5.74) is 0. The molecule has 106 heavy (non-hydrogen) atoms. The first-order valence-electron chi connectivity index (χ1n) is 40.4. The van der Waals surface area contributed by atoms with Crippen molar-refractivity contribution in [2.24, 2.45) is 0 Å². The Morgan fingerprint density at radius 3 is 0.840 bits per heavy atom. The molecule has 0 bridgehead atoms.